The molecule has 3 nitrogen and oxygen atoms in total. The summed E-state index contributed by atoms with van der Waals surface area (Å²) in [6.45, 7) is 0.868. The largest absolute Gasteiger partial charge is 0.315 e. The van der Waals surface area contributed by atoms with E-state index in [4.69, 9.17) is 0 Å². The summed E-state index contributed by atoms with van der Waals surface area (Å²) in [5, 5.41) is 1.97. The Labute approximate surface area is 53.5 Å². The van der Waals surface area contributed by atoms with Gasteiger partial charge in [-0.05, 0) is 13.0 Å². The van der Waals surface area contributed by atoms with Gasteiger partial charge < -0.3 is 5.32 Å². The highest BCUT2D eigenvalue weighted by Gasteiger charge is 2.27. The summed E-state index contributed by atoms with van der Waals surface area (Å²) in [6, 6.07) is 0. The number of rotatable bonds is 1. The van der Waals surface area contributed by atoms with E-state index in [1.54, 1.807) is 0 Å². The van der Waals surface area contributed by atoms with E-state index in [1.807, 2.05) is 0 Å². The monoisotopic (exact) mass is 153 g/mol. The zero-order valence-corrected chi connectivity index (χ0v) is 5.62. The van der Waals surface area contributed by atoms with Crippen LogP contribution in [-0.4, -0.2) is 26.8 Å². The van der Waals surface area contributed by atoms with Crippen LogP contribution in [-0.2, 0) is 10.2 Å². The minimum absolute atomic E-state index is 0.263. The molecule has 0 spiro atoms. The molecule has 1 atom stereocenters. The molecule has 1 aliphatic heterocycles. The van der Waals surface area contributed by atoms with Crippen LogP contribution in [0.2, 0.25) is 0 Å². The van der Waals surface area contributed by atoms with E-state index < -0.39 is 15.5 Å². The van der Waals surface area contributed by atoms with Gasteiger partial charge in [0.2, 0.25) is 0 Å². The molecule has 5 heteroatoms. The number of nitrogens with one attached hydrogen (secondary N) is 1. The van der Waals surface area contributed by atoms with Gasteiger partial charge in [-0.25, -0.2) is 0 Å². The lowest BCUT2D eigenvalue weighted by molar-refractivity contribution is 0.537. The Morgan fingerprint density at radius 3 is 2.44 bits per heavy atom. The average molecular weight is 153 g/mol. The summed E-state index contributed by atoms with van der Waals surface area (Å²) in [6.07, 6.45) is 0.402. The van der Waals surface area contributed by atoms with Crippen molar-refractivity contribution in [3.63, 3.8) is 0 Å². The third-order valence-electron chi connectivity index (χ3n) is 1.41. The van der Waals surface area contributed by atoms with Crippen molar-refractivity contribution in [3.8, 4) is 0 Å². The maximum absolute atomic E-state index is 12.0. The molecule has 1 fully saturated rings. The Hall–Kier alpha value is -0.160. The van der Waals surface area contributed by atoms with E-state index in [9.17, 15) is 12.3 Å². The van der Waals surface area contributed by atoms with Crippen LogP contribution in [0.4, 0.5) is 3.89 Å². The van der Waals surface area contributed by atoms with Crippen molar-refractivity contribution in [2.24, 2.45) is 0 Å². The van der Waals surface area contributed by atoms with Crippen molar-refractivity contribution < 1.29 is 12.3 Å². The van der Waals surface area contributed by atoms with Crippen LogP contribution in [0.25, 0.3) is 0 Å². The fourth-order valence-corrected chi connectivity index (χ4v) is 1.58. The quantitative estimate of drug-likeness (QED) is 0.524. The lowest BCUT2D eigenvalue weighted by Gasteiger charge is -1.98. The van der Waals surface area contributed by atoms with Gasteiger partial charge >= 0.3 is 10.2 Å². The van der Waals surface area contributed by atoms with Crippen LogP contribution in [0.5, 0.6) is 0 Å². The Morgan fingerprint density at radius 2 is 2.22 bits per heavy atom. The summed E-state index contributed by atoms with van der Waals surface area (Å²) in [4.78, 5) is 0. The van der Waals surface area contributed by atoms with E-state index in [0.29, 0.717) is 13.0 Å². The van der Waals surface area contributed by atoms with Gasteiger partial charge in [-0.2, -0.15) is 8.42 Å². The average Bonchev–Trinajstić information content (AvgIpc) is 2.08. The summed E-state index contributed by atoms with van der Waals surface area (Å²) >= 11 is 0. The molecule has 0 aliphatic carbocycles. The molecule has 0 aromatic rings. The minimum Gasteiger partial charge on any atom is -0.315 e. The van der Waals surface area contributed by atoms with Crippen LogP contribution < -0.4 is 5.32 Å². The normalized spacial score (nSPS) is 28.8. The van der Waals surface area contributed by atoms with Crippen molar-refractivity contribution in [3.05, 3.63) is 0 Å². The number of halogens is 1. The van der Waals surface area contributed by atoms with Gasteiger partial charge in [0.25, 0.3) is 0 Å². The molecule has 0 aromatic carbocycles. The highest BCUT2D eigenvalue weighted by atomic mass is 32.3. The number of hydrogen-bond donors (Lipinski definition) is 1. The van der Waals surface area contributed by atoms with E-state index in [-0.39, 0.29) is 6.54 Å². The van der Waals surface area contributed by atoms with E-state index in [2.05, 4.69) is 5.32 Å². The van der Waals surface area contributed by atoms with Gasteiger partial charge in [0, 0.05) is 6.54 Å². The molecule has 1 heterocycles. The molecule has 1 rings (SSSR count). The van der Waals surface area contributed by atoms with Crippen molar-refractivity contribution >= 4 is 10.2 Å². The van der Waals surface area contributed by atoms with Gasteiger partial charge in [-0.15, -0.1) is 3.89 Å². The van der Waals surface area contributed by atoms with Gasteiger partial charge in [0.05, 0.1) is 0 Å². The minimum atomic E-state index is -4.27. The van der Waals surface area contributed by atoms with Gasteiger partial charge in [0.1, 0.15) is 5.25 Å². The molecular formula is C4H8FNO2S. The van der Waals surface area contributed by atoms with Crippen LogP contribution in [0.3, 0.4) is 0 Å². The molecular weight excluding hydrogens is 145 g/mol. The third-order valence-corrected chi connectivity index (χ3v) is 2.61. The van der Waals surface area contributed by atoms with Crippen LogP contribution in [0, 0.1) is 0 Å². The predicted octanol–water partition coefficient (Wildman–Crippen LogP) is -0.352. The maximum atomic E-state index is 12.0. The molecule has 0 radical (unpaired) electrons. The molecule has 9 heavy (non-hydrogen) atoms. The zero-order chi connectivity index (χ0) is 6.91. The fraction of sp³-hybridized carbons (Fsp3) is 1.00. The Kier molecular flexibility index (Phi) is 1.72. The second kappa shape index (κ2) is 2.22. The Morgan fingerprint density at radius 1 is 1.56 bits per heavy atom. The van der Waals surface area contributed by atoms with E-state index >= 15 is 0 Å². The maximum Gasteiger partial charge on any atom is 0.306 e. The van der Waals surface area contributed by atoms with Crippen LogP contribution >= 0.6 is 0 Å². The first-order valence-electron chi connectivity index (χ1n) is 2.75. The molecule has 1 aliphatic rings. The Bertz CT molecular complexity index is 183. The molecule has 54 valence electrons. The molecule has 1 saturated heterocycles. The molecule has 1 N–H and O–H groups in total. The second-order valence-electron chi connectivity index (χ2n) is 2.09. The molecule has 1 unspecified atom stereocenters. The summed E-state index contributed by atoms with van der Waals surface area (Å²) in [5.74, 6) is 0. The van der Waals surface area contributed by atoms with Crippen molar-refractivity contribution in [1.29, 1.82) is 0 Å². The third kappa shape index (κ3) is 1.62. The lowest BCUT2D eigenvalue weighted by atomic mass is 10.4. The molecule has 0 amide bonds. The highest BCUT2D eigenvalue weighted by Crippen LogP contribution is 2.10. The van der Waals surface area contributed by atoms with Crippen molar-refractivity contribution in [2.45, 2.75) is 11.7 Å². The first-order chi connectivity index (χ1) is 4.11. The highest BCUT2D eigenvalue weighted by molar-refractivity contribution is 7.87. The Balaban J connectivity index is 2.63. The summed E-state index contributed by atoms with van der Waals surface area (Å²) < 4.78 is 32.3. The molecule has 0 saturated carbocycles. The van der Waals surface area contributed by atoms with Crippen molar-refractivity contribution in [1.82, 2.24) is 5.32 Å². The second-order valence-corrected chi connectivity index (χ2v) is 3.71. The van der Waals surface area contributed by atoms with Gasteiger partial charge in [-0.3, -0.25) is 0 Å². The standard InChI is InChI=1S/C4H8FNO2S/c5-9(7,8)4-1-2-6-3-4/h4,6H,1-3H2. The zero-order valence-electron chi connectivity index (χ0n) is 4.80. The van der Waals surface area contributed by atoms with Gasteiger partial charge in [-0.1, -0.05) is 0 Å². The van der Waals surface area contributed by atoms with E-state index in [1.165, 1.54) is 0 Å². The summed E-state index contributed by atoms with van der Waals surface area (Å²) in [5.41, 5.74) is 0. The van der Waals surface area contributed by atoms with E-state index in [0.717, 1.165) is 0 Å². The smallest absolute Gasteiger partial charge is 0.306 e. The number of hydrogen-bond acceptors (Lipinski definition) is 3. The van der Waals surface area contributed by atoms with Crippen molar-refractivity contribution in [2.75, 3.05) is 13.1 Å². The molecule has 0 aromatic heterocycles. The van der Waals surface area contributed by atoms with Gasteiger partial charge in [0.15, 0.2) is 0 Å². The molecule has 0 bridgehead atoms. The fourth-order valence-electron chi connectivity index (χ4n) is 0.868. The first kappa shape index (κ1) is 6.95. The SMILES string of the molecule is O=S(=O)(F)C1CCNC1. The topological polar surface area (TPSA) is 46.2 Å². The van der Waals surface area contributed by atoms with Crippen LogP contribution in [0.1, 0.15) is 6.42 Å². The van der Waals surface area contributed by atoms with Crippen LogP contribution in [0.15, 0.2) is 0 Å². The predicted molar refractivity (Wildman–Crippen MR) is 31.3 cm³/mol. The lowest BCUT2D eigenvalue weighted by Crippen LogP contribution is -2.19. The first-order valence-corrected chi connectivity index (χ1v) is 4.19. The summed E-state index contributed by atoms with van der Waals surface area (Å²) in [7, 11) is -4.27.